The van der Waals surface area contributed by atoms with Gasteiger partial charge in [0.25, 0.3) is 0 Å². The Bertz CT molecular complexity index is 98.6. The molecule has 1 rings (SSSR count). The van der Waals surface area contributed by atoms with Crippen LogP contribution >= 0.6 is 22.6 Å². The topological polar surface area (TPSA) is 26.3 Å². The van der Waals surface area contributed by atoms with Crippen LogP contribution in [0.5, 0.6) is 0 Å². The number of esters is 1. The van der Waals surface area contributed by atoms with E-state index in [-0.39, 0.29) is 12.1 Å². The molecule has 46 valence electrons. The maximum absolute atomic E-state index is 10.4. The van der Waals surface area contributed by atoms with E-state index in [4.69, 9.17) is 4.74 Å². The van der Waals surface area contributed by atoms with Gasteiger partial charge in [0, 0.05) is 0 Å². The van der Waals surface area contributed by atoms with E-state index in [0.717, 1.165) is 12.8 Å². The number of halogens is 1. The summed E-state index contributed by atoms with van der Waals surface area (Å²) in [4.78, 5) is 10.4. The summed E-state index contributed by atoms with van der Waals surface area (Å²) in [5, 5.41) is 0. The van der Waals surface area contributed by atoms with Crippen molar-refractivity contribution < 1.29 is 9.53 Å². The molecule has 0 aromatic rings. The van der Waals surface area contributed by atoms with Gasteiger partial charge < -0.3 is 4.74 Å². The maximum Gasteiger partial charge on any atom is 0.316 e. The summed E-state index contributed by atoms with van der Waals surface area (Å²) in [7, 11) is 0. The Morgan fingerprint density at radius 1 is 1.75 bits per heavy atom. The number of rotatable bonds is 2. The fraction of sp³-hybridized carbons (Fsp3) is 0.800. The van der Waals surface area contributed by atoms with Crippen molar-refractivity contribution in [3.05, 3.63) is 0 Å². The average molecular weight is 226 g/mol. The summed E-state index contributed by atoms with van der Waals surface area (Å²) >= 11 is 2.00. The Morgan fingerprint density at radius 3 is 2.75 bits per heavy atom. The molecule has 1 saturated carbocycles. The molecule has 0 spiro atoms. The van der Waals surface area contributed by atoms with Crippen LogP contribution < -0.4 is 0 Å². The quantitative estimate of drug-likeness (QED) is 0.400. The highest BCUT2D eigenvalue weighted by Gasteiger charge is 2.25. The molecule has 2 nitrogen and oxygen atoms in total. The Morgan fingerprint density at radius 2 is 2.38 bits per heavy atom. The molecule has 3 heteroatoms. The van der Waals surface area contributed by atoms with Crippen LogP contribution in [0.2, 0.25) is 0 Å². The molecule has 8 heavy (non-hydrogen) atoms. The highest BCUT2D eigenvalue weighted by Crippen LogP contribution is 2.23. The minimum Gasteiger partial charge on any atom is -0.462 e. The molecule has 0 aromatic carbocycles. The lowest BCUT2D eigenvalue weighted by molar-refractivity contribution is -0.141. The largest absolute Gasteiger partial charge is 0.462 e. The second-order valence-corrected chi connectivity index (χ2v) is 2.59. The van der Waals surface area contributed by atoms with Crippen LogP contribution in [0.1, 0.15) is 12.8 Å². The standard InChI is InChI=1S/C5H7IO2/c6-3-5(7)8-4-1-2-4/h4H,1-3H2. The van der Waals surface area contributed by atoms with Gasteiger partial charge in [-0.05, 0) is 12.8 Å². The SMILES string of the molecule is O=C(CI)OC1CC1. The third-order valence-electron chi connectivity index (χ3n) is 0.932. The van der Waals surface area contributed by atoms with Crippen LogP contribution in [0.4, 0.5) is 0 Å². The van der Waals surface area contributed by atoms with Crippen molar-refractivity contribution in [2.75, 3.05) is 4.43 Å². The molecule has 1 fully saturated rings. The average Bonchev–Trinajstić information content (AvgIpc) is 2.50. The van der Waals surface area contributed by atoms with E-state index < -0.39 is 0 Å². The first-order valence-electron chi connectivity index (χ1n) is 2.58. The minimum absolute atomic E-state index is 0.0758. The number of hydrogen-bond donors (Lipinski definition) is 0. The molecule has 0 radical (unpaired) electrons. The van der Waals surface area contributed by atoms with Gasteiger partial charge in [-0.15, -0.1) is 0 Å². The summed E-state index contributed by atoms with van der Waals surface area (Å²) in [5.74, 6) is -0.0758. The van der Waals surface area contributed by atoms with Crippen LogP contribution in [0, 0.1) is 0 Å². The zero-order valence-corrected chi connectivity index (χ0v) is 6.55. The normalized spacial score (nSPS) is 18.1. The van der Waals surface area contributed by atoms with Gasteiger partial charge in [-0.1, -0.05) is 22.6 Å². The Kier molecular flexibility index (Phi) is 2.10. The highest BCUT2D eigenvalue weighted by molar-refractivity contribution is 14.1. The second kappa shape index (κ2) is 2.66. The number of alkyl halides is 1. The molecule has 0 aromatic heterocycles. The molecular formula is C5H7IO2. The van der Waals surface area contributed by atoms with Gasteiger partial charge in [0.2, 0.25) is 0 Å². The van der Waals surface area contributed by atoms with E-state index in [1.54, 1.807) is 0 Å². The molecule has 0 heterocycles. The van der Waals surface area contributed by atoms with E-state index in [0.29, 0.717) is 4.43 Å². The molecule has 0 amide bonds. The molecule has 1 aliphatic rings. The fourth-order valence-corrected chi connectivity index (χ4v) is 0.583. The number of hydrogen-bond acceptors (Lipinski definition) is 2. The fourth-order valence-electron chi connectivity index (χ4n) is 0.403. The molecule has 0 atom stereocenters. The molecule has 0 N–H and O–H groups in total. The van der Waals surface area contributed by atoms with Crippen LogP contribution in [0.25, 0.3) is 0 Å². The summed E-state index contributed by atoms with van der Waals surface area (Å²) in [6.07, 6.45) is 2.42. The Labute approximate surface area is 61.7 Å². The third kappa shape index (κ3) is 1.98. The second-order valence-electron chi connectivity index (χ2n) is 1.82. The predicted molar refractivity (Wildman–Crippen MR) is 38.0 cm³/mol. The monoisotopic (exact) mass is 226 g/mol. The van der Waals surface area contributed by atoms with Gasteiger partial charge >= 0.3 is 5.97 Å². The first-order chi connectivity index (χ1) is 3.83. The van der Waals surface area contributed by atoms with Gasteiger partial charge in [0.05, 0.1) is 4.43 Å². The molecule has 1 aliphatic carbocycles. The predicted octanol–water partition coefficient (Wildman–Crippen LogP) is 1.13. The van der Waals surface area contributed by atoms with E-state index >= 15 is 0 Å². The van der Waals surface area contributed by atoms with Gasteiger partial charge in [-0.2, -0.15) is 0 Å². The van der Waals surface area contributed by atoms with Gasteiger partial charge in [-0.25, -0.2) is 0 Å². The van der Waals surface area contributed by atoms with Crippen molar-refractivity contribution in [2.45, 2.75) is 18.9 Å². The molecule has 0 bridgehead atoms. The summed E-state index contributed by atoms with van der Waals surface area (Å²) in [5.41, 5.74) is 0. The maximum atomic E-state index is 10.4. The van der Waals surface area contributed by atoms with Crippen LogP contribution in [-0.4, -0.2) is 16.5 Å². The van der Waals surface area contributed by atoms with Crippen LogP contribution in [-0.2, 0) is 9.53 Å². The molecule has 0 unspecified atom stereocenters. The van der Waals surface area contributed by atoms with Crippen molar-refractivity contribution >= 4 is 28.6 Å². The first kappa shape index (κ1) is 6.32. The van der Waals surface area contributed by atoms with E-state index in [1.165, 1.54) is 0 Å². The van der Waals surface area contributed by atoms with Crippen LogP contribution in [0.3, 0.4) is 0 Å². The highest BCUT2D eigenvalue weighted by atomic mass is 127. The number of ether oxygens (including phenoxy) is 1. The third-order valence-corrected chi connectivity index (χ3v) is 1.55. The van der Waals surface area contributed by atoms with Crippen molar-refractivity contribution in [1.82, 2.24) is 0 Å². The van der Waals surface area contributed by atoms with E-state index in [2.05, 4.69) is 0 Å². The minimum atomic E-state index is -0.0758. The van der Waals surface area contributed by atoms with Crippen molar-refractivity contribution in [2.24, 2.45) is 0 Å². The Balaban J connectivity index is 2.07. The van der Waals surface area contributed by atoms with Gasteiger partial charge in [0.15, 0.2) is 0 Å². The lowest BCUT2D eigenvalue weighted by atomic mass is 10.7. The Hall–Kier alpha value is 0.200. The summed E-state index contributed by atoms with van der Waals surface area (Å²) in [6, 6.07) is 0. The van der Waals surface area contributed by atoms with Gasteiger partial charge in [0.1, 0.15) is 6.10 Å². The van der Waals surface area contributed by atoms with Crippen molar-refractivity contribution in [1.29, 1.82) is 0 Å². The van der Waals surface area contributed by atoms with Crippen molar-refractivity contribution in [3.8, 4) is 0 Å². The van der Waals surface area contributed by atoms with E-state index in [9.17, 15) is 4.79 Å². The molecule has 0 saturated heterocycles. The lowest BCUT2D eigenvalue weighted by Gasteiger charge is -1.95. The van der Waals surface area contributed by atoms with Crippen molar-refractivity contribution in [3.63, 3.8) is 0 Å². The number of carbonyl (C=O) groups is 1. The zero-order chi connectivity index (χ0) is 5.98. The molecular weight excluding hydrogens is 219 g/mol. The first-order valence-corrected chi connectivity index (χ1v) is 4.11. The summed E-state index contributed by atoms with van der Waals surface area (Å²) in [6.45, 7) is 0. The zero-order valence-electron chi connectivity index (χ0n) is 4.39. The van der Waals surface area contributed by atoms with Crippen LogP contribution in [0.15, 0.2) is 0 Å². The van der Waals surface area contributed by atoms with Gasteiger partial charge in [-0.3, -0.25) is 4.79 Å². The summed E-state index contributed by atoms with van der Waals surface area (Å²) < 4.78 is 5.34. The number of carbonyl (C=O) groups excluding carboxylic acids is 1. The smallest absolute Gasteiger partial charge is 0.316 e. The molecule has 0 aliphatic heterocycles. The van der Waals surface area contributed by atoms with E-state index in [1.807, 2.05) is 22.6 Å². The lowest BCUT2D eigenvalue weighted by Crippen LogP contribution is -2.05.